The van der Waals surface area contributed by atoms with Gasteiger partial charge in [0.2, 0.25) is 5.91 Å². The minimum Gasteiger partial charge on any atom is -0.383 e. The van der Waals surface area contributed by atoms with Gasteiger partial charge in [-0.25, -0.2) is 4.98 Å². The van der Waals surface area contributed by atoms with Crippen LogP contribution < -0.4 is 10.2 Å². The smallest absolute Gasteiger partial charge is 0.227 e. The third kappa shape index (κ3) is 3.71. The Hall–Kier alpha value is -1.92. The molecule has 2 aromatic rings. The van der Waals surface area contributed by atoms with Gasteiger partial charge in [-0.3, -0.25) is 4.79 Å². The molecule has 1 N–H and O–H groups in total. The molecule has 2 heterocycles. The average Bonchev–Trinajstić information content (AvgIpc) is 3.17. The van der Waals surface area contributed by atoms with Crippen LogP contribution in [-0.4, -0.2) is 37.2 Å². The van der Waals surface area contributed by atoms with Crippen molar-refractivity contribution >= 4 is 28.1 Å². The molecule has 3 rings (SSSR count). The second kappa shape index (κ2) is 7.10. The van der Waals surface area contributed by atoms with E-state index < -0.39 is 0 Å². The van der Waals surface area contributed by atoms with E-state index in [4.69, 9.17) is 4.74 Å². The van der Waals surface area contributed by atoms with Crippen molar-refractivity contribution in [3.8, 4) is 11.3 Å². The van der Waals surface area contributed by atoms with Crippen LogP contribution in [-0.2, 0) is 9.53 Å². The zero-order chi connectivity index (χ0) is 16.2. The number of anilines is 2. The number of thiazole rings is 1. The van der Waals surface area contributed by atoms with Crippen molar-refractivity contribution in [1.82, 2.24) is 4.98 Å². The van der Waals surface area contributed by atoms with E-state index >= 15 is 0 Å². The molecule has 1 aliphatic rings. The summed E-state index contributed by atoms with van der Waals surface area (Å²) in [5.74, 6) is 0.213. The Morgan fingerprint density at radius 3 is 2.83 bits per heavy atom. The SMILES string of the molecule is COC[C@@H](C)Nc1nc(-c2ccc(N3CCCC3=O)cc2)cs1. The fraction of sp³-hybridized carbons (Fsp3) is 0.412. The number of nitrogens with one attached hydrogen (secondary N) is 1. The zero-order valence-corrected chi connectivity index (χ0v) is 14.2. The number of ether oxygens (including phenoxy) is 1. The zero-order valence-electron chi connectivity index (χ0n) is 13.4. The van der Waals surface area contributed by atoms with Crippen LogP contribution in [0.15, 0.2) is 29.6 Å². The summed E-state index contributed by atoms with van der Waals surface area (Å²) in [6, 6.07) is 8.27. The molecule has 1 aromatic carbocycles. The number of carbonyl (C=O) groups is 1. The van der Waals surface area contributed by atoms with E-state index in [1.807, 2.05) is 34.5 Å². The number of hydrogen-bond acceptors (Lipinski definition) is 5. The van der Waals surface area contributed by atoms with Gasteiger partial charge in [0.1, 0.15) is 0 Å². The highest BCUT2D eigenvalue weighted by Gasteiger charge is 2.21. The summed E-state index contributed by atoms with van der Waals surface area (Å²) in [6.07, 6.45) is 1.60. The van der Waals surface area contributed by atoms with Crippen LogP contribution in [0, 0.1) is 0 Å². The average molecular weight is 331 g/mol. The molecule has 1 aromatic heterocycles. The lowest BCUT2D eigenvalue weighted by molar-refractivity contribution is -0.117. The number of aromatic nitrogens is 1. The summed E-state index contributed by atoms with van der Waals surface area (Å²) in [7, 11) is 1.69. The number of nitrogens with zero attached hydrogens (tertiary/aromatic N) is 2. The first-order chi connectivity index (χ1) is 11.2. The minimum absolute atomic E-state index is 0.213. The van der Waals surface area contributed by atoms with E-state index in [-0.39, 0.29) is 11.9 Å². The van der Waals surface area contributed by atoms with Crippen LogP contribution in [0.25, 0.3) is 11.3 Å². The van der Waals surface area contributed by atoms with E-state index in [1.165, 1.54) is 0 Å². The Labute approximate surface area is 140 Å². The fourth-order valence-corrected chi connectivity index (χ4v) is 3.54. The molecule has 0 aliphatic carbocycles. The Bertz CT molecular complexity index is 669. The molecule has 0 radical (unpaired) electrons. The molecule has 1 fully saturated rings. The minimum atomic E-state index is 0.213. The summed E-state index contributed by atoms with van der Waals surface area (Å²) in [4.78, 5) is 18.3. The Morgan fingerprint density at radius 1 is 1.39 bits per heavy atom. The van der Waals surface area contributed by atoms with Gasteiger partial charge in [0.05, 0.1) is 12.3 Å². The summed E-state index contributed by atoms with van der Waals surface area (Å²) < 4.78 is 5.12. The van der Waals surface area contributed by atoms with E-state index in [9.17, 15) is 4.79 Å². The number of methoxy groups -OCH3 is 1. The van der Waals surface area contributed by atoms with Crippen LogP contribution in [0.1, 0.15) is 19.8 Å². The summed E-state index contributed by atoms with van der Waals surface area (Å²) in [6.45, 7) is 3.53. The van der Waals surface area contributed by atoms with Crippen molar-refractivity contribution < 1.29 is 9.53 Å². The molecule has 0 unspecified atom stereocenters. The van der Waals surface area contributed by atoms with E-state index in [0.717, 1.165) is 35.0 Å². The molecule has 1 atom stereocenters. The van der Waals surface area contributed by atoms with Gasteiger partial charge in [0.15, 0.2) is 5.13 Å². The number of hydrogen-bond donors (Lipinski definition) is 1. The topological polar surface area (TPSA) is 54.5 Å². The van der Waals surface area contributed by atoms with Crippen LogP contribution in [0.5, 0.6) is 0 Å². The quantitative estimate of drug-likeness (QED) is 0.881. The molecule has 0 bridgehead atoms. The lowest BCUT2D eigenvalue weighted by Crippen LogP contribution is -2.23. The first-order valence-corrected chi connectivity index (χ1v) is 8.67. The van der Waals surface area contributed by atoms with Crippen LogP contribution in [0.4, 0.5) is 10.8 Å². The normalized spacial score (nSPS) is 15.9. The third-order valence-electron chi connectivity index (χ3n) is 3.84. The molecular formula is C17H21N3O2S. The molecule has 0 spiro atoms. The molecule has 0 saturated carbocycles. The second-order valence-electron chi connectivity index (χ2n) is 5.73. The van der Waals surface area contributed by atoms with E-state index in [2.05, 4.69) is 17.2 Å². The van der Waals surface area contributed by atoms with Gasteiger partial charge in [-0.05, 0) is 25.5 Å². The molecular weight excluding hydrogens is 310 g/mol. The third-order valence-corrected chi connectivity index (χ3v) is 4.61. The van der Waals surface area contributed by atoms with E-state index in [1.54, 1.807) is 18.4 Å². The van der Waals surface area contributed by atoms with Gasteiger partial charge in [0, 0.05) is 42.7 Å². The van der Waals surface area contributed by atoms with Crippen molar-refractivity contribution in [2.45, 2.75) is 25.8 Å². The lowest BCUT2D eigenvalue weighted by atomic mass is 10.1. The lowest BCUT2D eigenvalue weighted by Gasteiger charge is -2.15. The summed E-state index contributed by atoms with van der Waals surface area (Å²) in [5, 5.41) is 6.26. The number of benzene rings is 1. The van der Waals surface area contributed by atoms with Crippen molar-refractivity contribution in [1.29, 1.82) is 0 Å². The van der Waals surface area contributed by atoms with Gasteiger partial charge in [-0.1, -0.05) is 12.1 Å². The van der Waals surface area contributed by atoms with Gasteiger partial charge < -0.3 is 15.0 Å². The number of amides is 1. The van der Waals surface area contributed by atoms with Gasteiger partial charge in [0.25, 0.3) is 0 Å². The maximum absolute atomic E-state index is 11.8. The number of carbonyl (C=O) groups excluding carboxylic acids is 1. The molecule has 1 amide bonds. The van der Waals surface area contributed by atoms with Crippen molar-refractivity contribution in [2.24, 2.45) is 0 Å². The maximum Gasteiger partial charge on any atom is 0.227 e. The number of rotatable bonds is 6. The maximum atomic E-state index is 11.8. The highest BCUT2D eigenvalue weighted by Crippen LogP contribution is 2.28. The molecule has 6 heteroatoms. The van der Waals surface area contributed by atoms with E-state index in [0.29, 0.717) is 13.0 Å². The first kappa shape index (κ1) is 16.0. The highest BCUT2D eigenvalue weighted by molar-refractivity contribution is 7.14. The molecule has 5 nitrogen and oxygen atoms in total. The largest absolute Gasteiger partial charge is 0.383 e. The van der Waals surface area contributed by atoms with Crippen LogP contribution >= 0.6 is 11.3 Å². The predicted molar refractivity (Wildman–Crippen MR) is 94.1 cm³/mol. The van der Waals surface area contributed by atoms with Crippen molar-refractivity contribution in [2.75, 3.05) is 30.5 Å². The Balaban J connectivity index is 1.70. The van der Waals surface area contributed by atoms with Crippen LogP contribution in [0.3, 0.4) is 0 Å². The monoisotopic (exact) mass is 331 g/mol. The second-order valence-corrected chi connectivity index (χ2v) is 6.59. The standard InChI is InChI=1S/C17H21N3O2S/c1-12(10-22-2)18-17-19-15(11-23-17)13-5-7-14(8-6-13)20-9-3-4-16(20)21/h5-8,11-12H,3-4,9-10H2,1-2H3,(H,18,19)/t12-/m1/s1. The molecule has 1 saturated heterocycles. The van der Waals surface area contributed by atoms with Crippen molar-refractivity contribution in [3.63, 3.8) is 0 Å². The first-order valence-electron chi connectivity index (χ1n) is 7.79. The van der Waals surface area contributed by atoms with Gasteiger partial charge in [-0.2, -0.15) is 0 Å². The van der Waals surface area contributed by atoms with Crippen LogP contribution in [0.2, 0.25) is 0 Å². The summed E-state index contributed by atoms with van der Waals surface area (Å²) in [5.41, 5.74) is 2.98. The fourth-order valence-electron chi connectivity index (χ4n) is 2.71. The molecule has 122 valence electrons. The Kier molecular flexibility index (Phi) is 4.93. The van der Waals surface area contributed by atoms with Gasteiger partial charge >= 0.3 is 0 Å². The molecule has 23 heavy (non-hydrogen) atoms. The summed E-state index contributed by atoms with van der Waals surface area (Å²) >= 11 is 1.59. The van der Waals surface area contributed by atoms with Gasteiger partial charge in [-0.15, -0.1) is 11.3 Å². The molecule has 1 aliphatic heterocycles. The Morgan fingerprint density at radius 2 is 2.17 bits per heavy atom. The predicted octanol–water partition coefficient (Wildman–Crippen LogP) is 3.38. The van der Waals surface area contributed by atoms with Crippen molar-refractivity contribution in [3.05, 3.63) is 29.6 Å². The highest BCUT2D eigenvalue weighted by atomic mass is 32.1.